The van der Waals surface area contributed by atoms with Gasteiger partial charge in [0, 0.05) is 18.6 Å². The Morgan fingerprint density at radius 2 is 2.17 bits per heavy atom. The van der Waals surface area contributed by atoms with E-state index in [-0.39, 0.29) is 36.5 Å². The van der Waals surface area contributed by atoms with Crippen molar-refractivity contribution < 1.29 is 23.8 Å². The molecule has 0 spiro atoms. The lowest BCUT2D eigenvalue weighted by Gasteiger charge is -2.36. The first kappa shape index (κ1) is 16.2. The number of esters is 2. The molecule has 5 heteroatoms. The summed E-state index contributed by atoms with van der Waals surface area (Å²) >= 11 is 0. The van der Waals surface area contributed by atoms with Crippen LogP contribution in [0.15, 0.2) is 23.3 Å². The lowest BCUT2D eigenvalue weighted by molar-refractivity contribution is -0.171. The van der Waals surface area contributed by atoms with E-state index in [9.17, 15) is 9.59 Å². The van der Waals surface area contributed by atoms with Gasteiger partial charge < -0.3 is 14.2 Å². The van der Waals surface area contributed by atoms with Crippen molar-refractivity contribution in [2.24, 2.45) is 11.8 Å². The van der Waals surface area contributed by atoms with Crippen LogP contribution < -0.4 is 0 Å². The molecule has 1 saturated heterocycles. The summed E-state index contributed by atoms with van der Waals surface area (Å²) < 4.78 is 16.3. The molecule has 2 aliphatic carbocycles. The van der Waals surface area contributed by atoms with Crippen LogP contribution in [0.1, 0.15) is 39.5 Å². The first-order chi connectivity index (χ1) is 10.9. The molecule has 0 N–H and O–H groups in total. The fourth-order valence-corrected chi connectivity index (χ4v) is 4.41. The number of hydrogen-bond donors (Lipinski definition) is 0. The van der Waals surface area contributed by atoms with E-state index < -0.39 is 5.60 Å². The summed E-state index contributed by atoms with van der Waals surface area (Å²) in [6.07, 6.45) is 3.15. The Balaban J connectivity index is 1.95. The summed E-state index contributed by atoms with van der Waals surface area (Å²) in [7, 11) is 1.47. The summed E-state index contributed by atoms with van der Waals surface area (Å²) in [6, 6.07) is 0. The lowest BCUT2D eigenvalue weighted by Crippen LogP contribution is -2.44. The largest absolute Gasteiger partial charge is 0.458 e. The number of carbonyl (C=O) groups excluding carboxylic acids is 2. The molecule has 0 aromatic heterocycles. The van der Waals surface area contributed by atoms with Gasteiger partial charge >= 0.3 is 11.9 Å². The second-order valence-electron chi connectivity index (χ2n) is 7.04. The average molecular weight is 320 g/mol. The molecule has 0 aromatic rings. The van der Waals surface area contributed by atoms with Gasteiger partial charge in [0.15, 0.2) is 0 Å². The van der Waals surface area contributed by atoms with Crippen molar-refractivity contribution >= 4 is 11.9 Å². The third kappa shape index (κ3) is 2.61. The van der Waals surface area contributed by atoms with Gasteiger partial charge in [-0.1, -0.05) is 17.7 Å². The third-order valence-corrected chi connectivity index (χ3v) is 5.59. The van der Waals surface area contributed by atoms with Gasteiger partial charge in [0.2, 0.25) is 0 Å². The van der Waals surface area contributed by atoms with Gasteiger partial charge in [-0.05, 0) is 39.5 Å². The van der Waals surface area contributed by atoms with E-state index in [1.165, 1.54) is 18.3 Å². The first-order valence-electron chi connectivity index (χ1n) is 8.16. The van der Waals surface area contributed by atoms with Crippen molar-refractivity contribution in [1.29, 1.82) is 0 Å². The maximum absolute atomic E-state index is 12.0. The SMILES string of the molecule is C=C1C(=O)O[C@H]2[C@H]1CCC(C)=C1CC[C@@](C)(OC(=O)COC)[C@@H]12. The Morgan fingerprint density at radius 1 is 1.43 bits per heavy atom. The zero-order valence-electron chi connectivity index (χ0n) is 14.0. The minimum Gasteiger partial charge on any atom is -0.458 e. The van der Waals surface area contributed by atoms with E-state index in [2.05, 4.69) is 13.5 Å². The molecule has 5 nitrogen and oxygen atoms in total. The van der Waals surface area contributed by atoms with E-state index >= 15 is 0 Å². The third-order valence-electron chi connectivity index (χ3n) is 5.59. The summed E-state index contributed by atoms with van der Waals surface area (Å²) in [4.78, 5) is 24.0. The standard InChI is InChI=1S/C18H24O5/c1-10-5-6-13-11(2)17(20)22-16(13)15-12(10)7-8-18(15,3)23-14(19)9-21-4/h13,15-16H,2,5-9H2,1,3-4H3/t13-,15-,16-,18+/m0/s1. The molecule has 4 atom stereocenters. The minimum atomic E-state index is -0.662. The normalized spacial score (nSPS) is 36.4. The van der Waals surface area contributed by atoms with E-state index in [1.54, 1.807) is 0 Å². The van der Waals surface area contributed by atoms with Gasteiger partial charge in [-0.2, -0.15) is 0 Å². The molecule has 0 amide bonds. The van der Waals surface area contributed by atoms with Crippen molar-refractivity contribution in [2.45, 2.75) is 51.2 Å². The molecule has 126 valence electrons. The van der Waals surface area contributed by atoms with Crippen LogP contribution in [0.4, 0.5) is 0 Å². The maximum atomic E-state index is 12.0. The predicted octanol–water partition coefficient (Wildman–Crippen LogP) is 2.55. The Hall–Kier alpha value is -1.62. The number of methoxy groups -OCH3 is 1. The Bertz CT molecular complexity index is 590. The molecule has 0 unspecified atom stereocenters. The summed E-state index contributed by atoms with van der Waals surface area (Å²) in [5.41, 5.74) is 2.51. The highest BCUT2D eigenvalue weighted by atomic mass is 16.6. The molecule has 1 heterocycles. The van der Waals surface area contributed by atoms with Crippen LogP contribution in [-0.2, 0) is 23.8 Å². The van der Waals surface area contributed by atoms with Gasteiger partial charge in [-0.3, -0.25) is 0 Å². The van der Waals surface area contributed by atoms with E-state index in [0.29, 0.717) is 5.57 Å². The molecule has 1 saturated carbocycles. The molecular formula is C18H24O5. The fraction of sp³-hybridized carbons (Fsp3) is 0.667. The van der Waals surface area contributed by atoms with E-state index in [0.717, 1.165) is 25.7 Å². The number of rotatable bonds is 3. The second kappa shape index (κ2) is 5.78. The average Bonchev–Trinajstić information content (AvgIpc) is 2.89. The van der Waals surface area contributed by atoms with Crippen LogP contribution in [0.2, 0.25) is 0 Å². The highest BCUT2D eigenvalue weighted by Crippen LogP contribution is 2.53. The topological polar surface area (TPSA) is 61.8 Å². The molecule has 1 aliphatic heterocycles. The van der Waals surface area contributed by atoms with Crippen molar-refractivity contribution in [3.8, 4) is 0 Å². The van der Waals surface area contributed by atoms with Gasteiger partial charge in [0.05, 0.1) is 5.92 Å². The molecule has 0 aromatic carbocycles. The summed E-state index contributed by atoms with van der Waals surface area (Å²) in [5, 5.41) is 0. The van der Waals surface area contributed by atoms with Crippen LogP contribution >= 0.6 is 0 Å². The van der Waals surface area contributed by atoms with Crippen molar-refractivity contribution in [3.05, 3.63) is 23.3 Å². The van der Waals surface area contributed by atoms with Gasteiger partial charge in [-0.15, -0.1) is 0 Å². The van der Waals surface area contributed by atoms with Gasteiger partial charge in [0.1, 0.15) is 18.3 Å². The van der Waals surface area contributed by atoms with E-state index in [1.807, 2.05) is 6.92 Å². The Labute approximate surface area is 136 Å². The summed E-state index contributed by atoms with van der Waals surface area (Å²) in [6.45, 7) is 7.93. The van der Waals surface area contributed by atoms with Crippen molar-refractivity contribution in [2.75, 3.05) is 13.7 Å². The fourth-order valence-electron chi connectivity index (χ4n) is 4.41. The number of allylic oxidation sites excluding steroid dienone is 1. The summed E-state index contributed by atoms with van der Waals surface area (Å²) in [5.74, 6) is -0.758. The number of fused-ring (bicyclic) bond motifs is 3. The van der Waals surface area contributed by atoms with Crippen LogP contribution in [0, 0.1) is 11.8 Å². The Kier molecular flexibility index (Phi) is 4.08. The van der Waals surface area contributed by atoms with Crippen LogP contribution in [0.5, 0.6) is 0 Å². The molecule has 2 fully saturated rings. The smallest absolute Gasteiger partial charge is 0.334 e. The van der Waals surface area contributed by atoms with Gasteiger partial charge in [-0.25, -0.2) is 9.59 Å². The predicted molar refractivity (Wildman–Crippen MR) is 83.5 cm³/mol. The minimum absolute atomic E-state index is 0.0125. The second-order valence-corrected chi connectivity index (χ2v) is 7.04. The first-order valence-corrected chi connectivity index (χ1v) is 8.16. The highest BCUT2D eigenvalue weighted by molar-refractivity contribution is 5.91. The van der Waals surface area contributed by atoms with Gasteiger partial charge in [0.25, 0.3) is 0 Å². The van der Waals surface area contributed by atoms with Crippen molar-refractivity contribution in [1.82, 2.24) is 0 Å². The number of carbonyl (C=O) groups is 2. The molecular weight excluding hydrogens is 296 g/mol. The Morgan fingerprint density at radius 3 is 2.87 bits per heavy atom. The van der Waals surface area contributed by atoms with Crippen LogP contribution in [0.25, 0.3) is 0 Å². The number of ether oxygens (including phenoxy) is 3. The zero-order valence-corrected chi connectivity index (χ0v) is 14.0. The van der Waals surface area contributed by atoms with E-state index in [4.69, 9.17) is 14.2 Å². The van der Waals surface area contributed by atoms with Crippen LogP contribution in [-0.4, -0.2) is 37.4 Å². The number of hydrogen-bond acceptors (Lipinski definition) is 5. The highest BCUT2D eigenvalue weighted by Gasteiger charge is 2.56. The molecule has 0 radical (unpaired) electrons. The molecule has 23 heavy (non-hydrogen) atoms. The van der Waals surface area contributed by atoms with Crippen molar-refractivity contribution in [3.63, 3.8) is 0 Å². The molecule has 0 bridgehead atoms. The molecule has 3 aliphatic rings. The monoisotopic (exact) mass is 320 g/mol. The quantitative estimate of drug-likeness (QED) is 0.454. The lowest BCUT2D eigenvalue weighted by atomic mass is 9.79. The maximum Gasteiger partial charge on any atom is 0.334 e. The zero-order chi connectivity index (χ0) is 16.8. The molecule has 3 rings (SSSR count). The van der Waals surface area contributed by atoms with Crippen LogP contribution in [0.3, 0.4) is 0 Å².